The van der Waals surface area contributed by atoms with Gasteiger partial charge in [0.25, 0.3) is 7.82 Å². The molecule has 10 heteroatoms. The van der Waals surface area contributed by atoms with Crippen molar-refractivity contribution in [1.82, 2.24) is 0 Å². The van der Waals surface area contributed by atoms with Crippen LogP contribution in [0, 0.1) is 0 Å². The molecule has 0 amide bonds. The van der Waals surface area contributed by atoms with Crippen LogP contribution in [0.5, 0.6) is 0 Å². The zero-order chi connectivity index (χ0) is 40.0. The number of carbonyl (C=O) groups excluding carboxylic acids is 2. The summed E-state index contributed by atoms with van der Waals surface area (Å²) in [5.41, 5.74) is 0. The molecular formula is C44H78NO8P. The fourth-order valence-electron chi connectivity index (χ4n) is 5.23. The summed E-state index contributed by atoms with van der Waals surface area (Å²) in [6, 6.07) is 0. The van der Waals surface area contributed by atoms with Crippen LogP contribution < -0.4 is 4.89 Å². The number of hydrogen-bond acceptors (Lipinski definition) is 8. The Kier molecular flexibility index (Phi) is 34.8. The van der Waals surface area contributed by atoms with Gasteiger partial charge in [-0.1, -0.05) is 126 Å². The number of allylic oxidation sites excluding steroid dienone is 10. The van der Waals surface area contributed by atoms with Crippen molar-refractivity contribution in [3.8, 4) is 0 Å². The molecule has 2 atom stereocenters. The second-order valence-corrected chi connectivity index (χ2v) is 16.4. The van der Waals surface area contributed by atoms with Crippen LogP contribution in [0.15, 0.2) is 60.8 Å². The van der Waals surface area contributed by atoms with Gasteiger partial charge in [-0.2, -0.15) is 0 Å². The van der Waals surface area contributed by atoms with E-state index in [1.54, 1.807) is 0 Å². The Balaban J connectivity index is 4.47. The van der Waals surface area contributed by atoms with E-state index in [4.69, 9.17) is 18.5 Å². The number of nitrogens with zero attached hydrogens (tertiary/aromatic N) is 1. The molecule has 312 valence electrons. The molecule has 0 spiro atoms. The molecule has 9 nitrogen and oxygen atoms in total. The van der Waals surface area contributed by atoms with Crippen molar-refractivity contribution in [3.05, 3.63) is 60.8 Å². The van der Waals surface area contributed by atoms with E-state index in [9.17, 15) is 19.0 Å². The molecule has 0 rings (SSSR count). The molecule has 0 aliphatic heterocycles. The van der Waals surface area contributed by atoms with Gasteiger partial charge in [0.05, 0.1) is 27.7 Å². The molecule has 0 aliphatic carbocycles. The molecule has 0 saturated carbocycles. The highest BCUT2D eigenvalue weighted by atomic mass is 31.2. The maximum absolute atomic E-state index is 12.6. The number of phosphoric acid groups is 1. The minimum absolute atomic E-state index is 0.0421. The molecule has 0 radical (unpaired) electrons. The van der Waals surface area contributed by atoms with Gasteiger partial charge in [0.2, 0.25) is 0 Å². The third kappa shape index (κ3) is 39.4. The van der Waals surface area contributed by atoms with Crippen molar-refractivity contribution in [2.75, 3.05) is 47.5 Å². The topological polar surface area (TPSA) is 111 Å². The van der Waals surface area contributed by atoms with E-state index < -0.39 is 32.5 Å². The van der Waals surface area contributed by atoms with Gasteiger partial charge < -0.3 is 27.9 Å². The number of hydrogen-bond donors (Lipinski definition) is 0. The molecule has 0 heterocycles. The van der Waals surface area contributed by atoms with Gasteiger partial charge in [-0.3, -0.25) is 14.2 Å². The standard InChI is InChI=1S/C44H78NO8P/c1-6-8-10-12-14-16-18-20-22-24-26-28-30-32-34-36-43(46)50-40-42(41-52-54(48,49)51-39-38-45(3,4)5)53-44(47)37-35-33-31-29-27-25-23-21-19-17-15-13-11-9-7-2/h9,11,15-18,21,23,27,29,42H,6-8,10,12-14,19-20,22,24-26,28,30-41H2,1-5H3/b11-9+,17-15+,18-16+,23-21+,29-27+/t42-/m1/s1. The first-order chi connectivity index (χ1) is 26.0. The Labute approximate surface area is 330 Å². The van der Waals surface area contributed by atoms with Crippen molar-refractivity contribution in [2.45, 2.75) is 161 Å². The monoisotopic (exact) mass is 780 g/mol. The Morgan fingerprint density at radius 1 is 0.593 bits per heavy atom. The lowest BCUT2D eigenvalue weighted by Gasteiger charge is -2.28. The number of ether oxygens (including phenoxy) is 2. The Bertz CT molecular complexity index is 1110. The summed E-state index contributed by atoms with van der Waals surface area (Å²) in [7, 11) is 1.13. The van der Waals surface area contributed by atoms with Crippen LogP contribution in [-0.2, 0) is 32.7 Å². The smallest absolute Gasteiger partial charge is 0.306 e. The summed E-state index contributed by atoms with van der Waals surface area (Å²) in [5.74, 6) is -0.894. The third-order valence-electron chi connectivity index (χ3n) is 8.52. The van der Waals surface area contributed by atoms with Gasteiger partial charge in [-0.25, -0.2) is 0 Å². The second-order valence-electron chi connectivity index (χ2n) is 15.0. The van der Waals surface area contributed by atoms with Gasteiger partial charge >= 0.3 is 11.9 Å². The number of likely N-dealkylation sites (N-methyl/N-ethyl adjacent to an activating group) is 1. The molecule has 0 saturated heterocycles. The molecule has 54 heavy (non-hydrogen) atoms. The average molecular weight is 780 g/mol. The third-order valence-corrected chi connectivity index (χ3v) is 9.49. The molecular weight excluding hydrogens is 701 g/mol. The summed E-state index contributed by atoms with van der Waals surface area (Å²) in [4.78, 5) is 37.4. The fourth-order valence-corrected chi connectivity index (χ4v) is 5.96. The molecule has 0 aromatic heterocycles. The largest absolute Gasteiger partial charge is 0.756 e. The number of quaternary nitrogens is 1. The van der Waals surface area contributed by atoms with Crippen molar-refractivity contribution < 1.29 is 42.1 Å². The summed E-state index contributed by atoms with van der Waals surface area (Å²) in [6.45, 7) is 4.02. The SMILES string of the molecule is CC/C=C/C/C=C/C/C=C/C/C=C/CCCCC(=O)O[C@H](COC(=O)CCCCCCCCC/C=C/CCCCCC)COP(=O)([O-])OCC[N+](C)(C)C. The van der Waals surface area contributed by atoms with Crippen molar-refractivity contribution in [2.24, 2.45) is 0 Å². The number of unbranched alkanes of at least 4 members (excludes halogenated alkanes) is 13. The number of rotatable bonds is 37. The van der Waals surface area contributed by atoms with E-state index in [0.29, 0.717) is 17.4 Å². The van der Waals surface area contributed by atoms with E-state index in [-0.39, 0.29) is 26.1 Å². The summed E-state index contributed by atoms with van der Waals surface area (Å²) in [5, 5.41) is 0. The summed E-state index contributed by atoms with van der Waals surface area (Å²) in [6.07, 6.45) is 42.5. The van der Waals surface area contributed by atoms with Gasteiger partial charge in [-0.15, -0.1) is 0 Å². The first kappa shape index (κ1) is 51.7. The predicted octanol–water partition coefficient (Wildman–Crippen LogP) is 11.1. The van der Waals surface area contributed by atoms with Crippen LogP contribution in [0.25, 0.3) is 0 Å². The molecule has 0 aromatic carbocycles. The van der Waals surface area contributed by atoms with Crippen molar-refractivity contribution in [1.29, 1.82) is 0 Å². The fraction of sp³-hybridized carbons (Fsp3) is 0.727. The Morgan fingerprint density at radius 3 is 1.63 bits per heavy atom. The first-order valence-electron chi connectivity index (χ1n) is 21.0. The second kappa shape index (κ2) is 36.4. The Morgan fingerprint density at radius 2 is 1.06 bits per heavy atom. The molecule has 0 N–H and O–H groups in total. The molecule has 0 bridgehead atoms. The van der Waals surface area contributed by atoms with Crippen LogP contribution in [0.2, 0.25) is 0 Å². The summed E-state index contributed by atoms with van der Waals surface area (Å²) < 4.78 is 33.8. The van der Waals surface area contributed by atoms with Crippen molar-refractivity contribution in [3.63, 3.8) is 0 Å². The van der Waals surface area contributed by atoms with Gasteiger partial charge in [-0.05, 0) is 77.0 Å². The molecule has 0 fully saturated rings. The zero-order valence-corrected chi connectivity index (χ0v) is 35.8. The van der Waals surface area contributed by atoms with E-state index in [0.717, 1.165) is 70.6 Å². The molecule has 0 aromatic rings. The highest BCUT2D eigenvalue weighted by Crippen LogP contribution is 2.38. The molecule has 1 unspecified atom stereocenters. The normalized spacial score (nSPS) is 14.3. The van der Waals surface area contributed by atoms with E-state index in [1.165, 1.54) is 51.4 Å². The van der Waals surface area contributed by atoms with Crippen LogP contribution in [0.4, 0.5) is 0 Å². The first-order valence-corrected chi connectivity index (χ1v) is 22.5. The number of phosphoric ester groups is 1. The summed E-state index contributed by atoms with van der Waals surface area (Å²) >= 11 is 0. The van der Waals surface area contributed by atoms with Crippen LogP contribution in [0.3, 0.4) is 0 Å². The maximum atomic E-state index is 12.6. The quantitative estimate of drug-likeness (QED) is 0.0201. The highest BCUT2D eigenvalue weighted by molar-refractivity contribution is 7.45. The highest BCUT2D eigenvalue weighted by Gasteiger charge is 2.21. The zero-order valence-electron chi connectivity index (χ0n) is 34.9. The Hall–Kier alpha value is -2.29. The lowest BCUT2D eigenvalue weighted by Crippen LogP contribution is -2.37. The lowest BCUT2D eigenvalue weighted by molar-refractivity contribution is -0.870. The number of esters is 2. The predicted molar refractivity (Wildman–Crippen MR) is 222 cm³/mol. The van der Waals surface area contributed by atoms with Crippen LogP contribution in [0.1, 0.15) is 155 Å². The average Bonchev–Trinajstić information content (AvgIpc) is 3.12. The van der Waals surface area contributed by atoms with Crippen LogP contribution in [-0.4, -0.2) is 70.0 Å². The van der Waals surface area contributed by atoms with Gasteiger partial charge in [0.1, 0.15) is 19.8 Å². The minimum atomic E-state index is -4.64. The van der Waals surface area contributed by atoms with Gasteiger partial charge in [0.15, 0.2) is 6.10 Å². The number of carbonyl (C=O) groups is 2. The van der Waals surface area contributed by atoms with Crippen molar-refractivity contribution >= 4 is 19.8 Å². The maximum Gasteiger partial charge on any atom is 0.306 e. The molecule has 0 aliphatic rings. The lowest BCUT2D eigenvalue weighted by atomic mass is 10.1. The van der Waals surface area contributed by atoms with E-state index in [2.05, 4.69) is 74.6 Å². The van der Waals surface area contributed by atoms with E-state index >= 15 is 0 Å². The van der Waals surface area contributed by atoms with E-state index in [1.807, 2.05) is 21.1 Å². The van der Waals surface area contributed by atoms with Gasteiger partial charge in [0, 0.05) is 12.8 Å². The van der Waals surface area contributed by atoms with Crippen LogP contribution >= 0.6 is 7.82 Å². The minimum Gasteiger partial charge on any atom is -0.756 e.